The van der Waals surface area contributed by atoms with Crippen LogP contribution in [-0.2, 0) is 0 Å². The van der Waals surface area contributed by atoms with Crippen LogP contribution < -0.4 is 5.32 Å². The second kappa shape index (κ2) is 9.22. The molecule has 1 N–H and O–H groups in total. The molecule has 1 nitrogen and oxygen atoms in total. The van der Waals surface area contributed by atoms with Crippen molar-refractivity contribution >= 4 is 0 Å². The van der Waals surface area contributed by atoms with Crippen LogP contribution in [0.15, 0.2) is 47.1 Å². The lowest BCUT2D eigenvalue weighted by Gasteiger charge is -2.59. The Labute approximate surface area is 162 Å². The van der Waals surface area contributed by atoms with Gasteiger partial charge in [-0.2, -0.15) is 0 Å². The first-order valence-corrected chi connectivity index (χ1v) is 10.7. The van der Waals surface area contributed by atoms with Gasteiger partial charge in [0.05, 0.1) is 0 Å². The quantitative estimate of drug-likeness (QED) is 0.343. The summed E-state index contributed by atoms with van der Waals surface area (Å²) in [5.74, 6) is 0.875. The number of hydrogen-bond donors (Lipinski definition) is 1. The van der Waals surface area contributed by atoms with Gasteiger partial charge in [0, 0.05) is 12.1 Å². The summed E-state index contributed by atoms with van der Waals surface area (Å²) in [6.45, 7) is 18.1. The molecule has 2 aliphatic heterocycles. The standard InChI is InChI=1S/C25H41N/c1-8-10-22-15-23-16-24(26-23)25(22,7)17-19(4)13-14-21(6)20(5)12-9-11-18(2)3/h9,11-12,22-24,26H,4,8,10,13-17H2,1-3,5-7H3/b12-9-,21-20+. The maximum atomic E-state index is 4.48. The normalized spacial score (nSPS) is 31.4. The predicted molar refractivity (Wildman–Crippen MR) is 116 cm³/mol. The minimum absolute atomic E-state index is 0.415. The van der Waals surface area contributed by atoms with Crippen molar-refractivity contribution < 1.29 is 0 Å². The number of rotatable bonds is 9. The Hall–Kier alpha value is -1.08. The second-order valence-corrected chi connectivity index (χ2v) is 9.37. The van der Waals surface area contributed by atoms with Gasteiger partial charge in [-0.15, -0.1) is 0 Å². The molecule has 4 atom stereocenters. The number of allylic oxidation sites excluding steroid dienone is 7. The summed E-state index contributed by atoms with van der Waals surface area (Å²) in [5, 5.41) is 3.81. The third kappa shape index (κ3) is 5.22. The Morgan fingerprint density at radius 2 is 1.85 bits per heavy atom. The maximum absolute atomic E-state index is 4.48. The van der Waals surface area contributed by atoms with Crippen LogP contribution in [0.3, 0.4) is 0 Å². The zero-order valence-corrected chi connectivity index (χ0v) is 18.1. The van der Waals surface area contributed by atoms with Crippen LogP contribution in [0.4, 0.5) is 0 Å². The third-order valence-electron chi connectivity index (χ3n) is 6.83. The van der Waals surface area contributed by atoms with Crippen molar-refractivity contribution in [3.8, 4) is 0 Å². The molecule has 2 saturated heterocycles. The van der Waals surface area contributed by atoms with Crippen LogP contribution in [0, 0.1) is 11.3 Å². The van der Waals surface area contributed by atoms with Gasteiger partial charge in [-0.3, -0.25) is 0 Å². The van der Waals surface area contributed by atoms with Gasteiger partial charge in [0.2, 0.25) is 0 Å². The van der Waals surface area contributed by atoms with Crippen LogP contribution in [0.2, 0.25) is 0 Å². The van der Waals surface area contributed by atoms with Crippen molar-refractivity contribution in [2.45, 2.75) is 98.6 Å². The smallest absolute Gasteiger partial charge is 0.0144 e. The molecule has 0 spiro atoms. The van der Waals surface area contributed by atoms with E-state index in [2.05, 4.69) is 71.7 Å². The zero-order chi connectivity index (χ0) is 19.3. The van der Waals surface area contributed by atoms with Crippen LogP contribution >= 0.6 is 0 Å². The van der Waals surface area contributed by atoms with Crippen LogP contribution in [0.1, 0.15) is 86.5 Å². The molecule has 4 unspecified atom stereocenters. The van der Waals surface area contributed by atoms with Gasteiger partial charge < -0.3 is 5.32 Å². The molecule has 3 aliphatic rings. The van der Waals surface area contributed by atoms with Crippen molar-refractivity contribution in [1.29, 1.82) is 0 Å². The van der Waals surface area contributed by atoms with Gasteiger partial charge in [-0.05, 0) is 71.1 Å². The van der Waals surface area contributed by atoms with Crippen LogP contribution in [-0.4, -0.2) is 12.1 Å². The van der Waals surface area contributed by atoms with E-state index in [1.165, 1.54) is 54.4 Å². The molecule has 0 aromatic rings. The molecular weight excluding hydrogens is 314 g/mol. The van der Waals surface area contributed by atoms with E-state index in [0.29, 0.717) is 5.41 Å². The average molecular weight is 356 g/mol. The Morgan fingerprint density at radius 3 is 2.46 bits per heavy atom. The fourth-order valence-electron chi connectivity index (χ4n) is 4.84. The van der Waals surface area contributed by atoms with Crippen LogP contribution in [0.5, 0.6) is 0 Å². The van der Waals surface area contributed by atoms with E-state index >= 15 is 0 Å². The highest BCUT2D eigenvalue weighted by Gasteiger charge is 2.52. The van der Waals surface area contributed by atoms with E-state index in [9.17, 15) is 0 Å². The van der Waals surface area contributed by atoms with E-state index in [4.69, 9.17) is 0 Å². The molecule has 146 valence electrons. The second-order valence-electron chi connectivity index (χ2n) is 9.37. The Balaban J connectivity index is 1.91. The lowest BCUT2D eigenvalue weighted by molar-refractivity contribution is -0.0292. The van der Waals surface area contributed by atoms with Crippen molar-refractivity contribution in [2.24, 2.45) is 11.3 Å². The molecule has 2 heterocycles. The molecule has 0 aromatic heterocycles. The minimum Gasteiger partial charge on any atom is -0.311 e. The van der Waals surface area contributed by atoms with Gasteiger partial charge in [-0.1, -0.05) is 73.8 Å². The van der Waals surface area contributed by atoms with Gasteiger partial charge in [-0.25, -0.2) is 0 Å². The van der Waals surface area contributed by atoms with E-state index < -0.39 is 0 Å². The summed E-state index contributed by atoms with van der Waals surface area (Å²) in [7, 11) is 0. The SMILES string of the molecule is C=C(CC/C(C)=C(C)/C=C\C=C(C)C)CC1(C)C(CCC)CC2CC1N2. The molecule has 0 radical (unpaired) electrons. The lowest BCUT2D eigenvalue weighted by Crippen LogP contribution is -2.67. The molecule has 1 heteroatoms. The highest BCUT2D eigenvalue weighted by molar-refractivity contribution is 5.26. The molecule has 1 aliphatic carbocycles. The average Bonchev–Trinajstić information content (AvgIpc) is 2.52. The fraction of sp³-hybridized carbons (Fsp3) is 0.680. The first-order valence-electron chi connectivity index (χ1n) is 10.7. The van der Waals surface area contributed by atoms with Gasteiger partial charge in [0.1, 0.15) is 0 Å². The molecular formula is C25H41N. The van der Waals surface area contributed by atoms with E-state index in [-0.39, 0.29) is 0 Å². The highest BCUT2D eigenvalue weighted by Crippen LogP contribution is 2.52. The van der Waals surface area contributed by atoms with Crippen molar-refractivity contribution in [3.63, 3.8) is 0 Å². The summed E-state index contributed by atoms with van der Waals surface area (Å²) in [6.07, 6.45) is 15.5. The van der Waals surface area contributed by atoms with Gasteiger partial charge in [0.15, 0.2) is 0 Å². The van der Waals surface area contributed by atoms with Gasteiger partial charge in [0.25, 0.3) is 0 Å². The zero-order valence-electron chi connectivity index (χ0n) is 18.1. The summed E-state index contributed by atoms with van der Waals surface area (Å²) >= 11 is 0. The summed E-state index contributed by atoms with van der Waals surface area (Å²) in [4.78, 5) is 0. The van der Waals surface area contributed by atoms with Gasteiger partial charge >= 0.3 is 0 Å². The molecule has 0 aromatic carbocycles. The third-order valence-corrected chi connectivity index (χ3v) is 6.83. The molecule has 3 fully saturated rings. The predicted octanol–water partition coefficient (Wildman–Crippen LogP) is 7.13. The first kappa shape index (κ1) is 21.2. The largest absolute Gasteiger partial charge is 0.311 e. The Kier molecular flexibility index (Phi) is 7.52. The number of fused-ring (bicyclic) bond motifs is 2. The minimum atomic E-state index is 0.415. The molecule has 1 saturated carbocycles. The van der Waals surface area contributed by atoms with Crippen molar-refractivity contribution in [1.82, 2.24) is 5.32 Å². The molecule has 2 bridgehead atoms. The molecule has 26 heavy (non-hydrogen) atoms. The lowest BCUT2D eigenvalue weighted by atomic mass is 9.55. The van der Waals surface area contributed by atoms with E-state index in [1.54, 1.807) is 0 Å². The number of piperidine rings is 1. The molecule has 3 rings (SSSR count). The van der Waals surface area contributed by atoms with Crippen molar-refractivity contribution in [3.05, 3.63) is 47.1 Å². The number of hydrogen-bond acceptors (Lipinski definition) is 1. The Morgan fingerprint density at radius 1 is 1.15 bits per heavy atom. The highest BCUT2D eigenvalue weighted by atomic mass is 15.1. The summed E-state index contributed by atoms with van der Waals surface area (Å²) < 4.78 is 0. The van der Waals surface area contributed by atoms with E-state index in [1.807, 2.05) is 0 Å². The van der Waals surface area contributed by atoms with Crippen molar-refractivity contribution in [2.75, 3.05) is 0 Å². The van der Waals surface area contributed by atoms with E-state index in [0.717, 1.165) is 30.8 Å². The Bertz CT molecular complexity index is 581. The fourth-order valence-corrected chi connectivity index (χ4v) is 4.84. The molecule has 0 amide bonds. The summed E-state index contributed by atoms with van der Waals surface area (Å²) in [6, 6.07) is 1.53. The monoisotopic (exact) mass is 355 g/mol. The topological polar surface area (TPSA) is 12.0 Å². The number of nitrogens with one attached hydrogen (secondary N) is 1. The first-order chi connectivity index (χ1) is 12.3. The summed E-state index contributed by atoms with van der Waals surface area (Å²) in [5.41, 5.74) is 6.09. The maximum Gasteiger partial charge on any atom is 0.0144 e. The van der Waals surface area contributed by atoms with Crippen LogP contribution in [0.25, 0.3) is 0 Å².